The highest BCUT2D eigenvalue weighted by Crippen LogP contribution is 2.20. The van der Waals surface area contributed by atoms with E-state index in [0.29, 0.717) is 27.2 Å². The molecule has 78 heavy (non-hydrogen) atoms. The van der Waals surface area contributed by atoms with E-state index in [1.165, 1.54) is 19.4 Å². The molecule has 0 saturated carbocycles. The van der Waals surface area contributed by atoms with Crippen LogP contribution in [0.2, 0.25) is 5.02 Å². The number of hydrogen-bond donors (Lipinski definition) is 16. The van der Waals surface area contributed by atoms with E-state index in [2.05, 4.69) is 82.4 Å². The molecule has 0 unspecified atom stereocenters. The molecule has 0 bridgehead atoms. The molecule has 24 nitrogen and oxygen atoms in total. The lowest BCUT2D eigenvalue weighted by atomic mass is 10.0. The fourth-order valence-electron chi connectivity index (χ4n) is 8.07. The summed E-state index contributed by atoms with van der Waals surface area (Å²) in [5, 5.41) is 29.5. The van der Waals surface area contributed by atoms with Crippen LogP contribution in [0, 0.1) is 0 Å². The number of guanidine groups is 1. The molecule has 418 valence electrons. The molecule has 9 atom stereocenters. The molecule has 0 aliphatic carbocycles. The minimum Gasteiger partial charge on any atom is -0.391 e. The summed E-state index contributed by atoms with van der Waals surface area (Å²) in [7, 11) is 0. The van der Waals surface area contributed by atoms with Gasteiger partial charge in [-0.2, -0.15) is 25.3 Å². The second kappa shape index (κ2) is 30.3. The van der Waals surface area contributed by atoms with Crippen molar-refractivity contribution in [2.24, 2.45) is 27.9 Å². The summed E-state index contributed by atoms with van der Waals surface area (Å²) in [6.07, 6.45) is 2.79. The van der Waals surface area contributed by atoms with Crippen LogP contribution in [0.1, 0.15) is 42.1 Å². The van der Waals surface area contributed by atoms with Crippen LogP contribution in [-0.4, -0.2) is 146 Å². The first-order chi connectivity index (χ1) is 37.3. The molecule has 0 saturated heterocycles. The van der Waals surface area contributed by atoms with Crippen molar-refractivity contribution >= 4 is 101 Å². The first-order valence-corrected chi connectivity index (χ1v) is 26.3. The highest BCUT2D eigenvalue weighted by molar-refractivity contribution is 7.80. The number of benzene rings is 3. The first-order valence-electron chi connectivity index (χ1n) is 24.7. The number of nitrogens with zero attached hydrogens (tertiary/aromatic N) is 2. The van der Waals surface area contributed by atoms with Gasteiger partial charge >= 0.3 is 0 Å². The van der Waals surface area contributed by atoms with Crippen molar-refractivity contribution in [1.82, 2.24) is 52.2 Å². The zero-order valence-corrected chi connectivity index (χ0v) is 45.0. The summed E-state index contributed by atoms with van der Waals surface area (Å²) >= 11 is 14.7. The van der Waals surface area contributed by atoms with E-state index in [1.807, 2.05) is 24.3 Å². The fourth-order valence-corrected chi connectivity index (χ4v) is 8.71. The number of aromatic nitrogens is 3. The number of fused-ring (bicyclic) bond motifs is 1. The van der Waals surface area contributed by atoms with E-state index in [0.717, 1.165) is 11.1 Å². The van der Waals surface area contributed by atoms with E-state index in [1.54, 1.807) is 60.8 Å². The van der Waals surface area contributed by atoms with Crippen molar-refractivity contribution in [3.8, 4) is 0 Å². The van der Waals surface area contributed by atoms with Crippen LogP contribution < -0.4 is 60.2 Å². The van der Waals surface area contributed by atoms with Crippen molar-refractivity contribution in [1.29, 1.82) is 0 Å². The number of amides is 8. The molecule has 5 aromatic rings. The van der Waals surface area contributed by atoms with Gasteiger partial charge in [-0.3, -0.25) is 43.3 Å². The summed E-state index contributed by atoms with van der Waals surface area (Å²) < 4.78 is 0. The molecule has 0 fully saturated rings. The summed E-state index contributed by atoms with van der Waals surface area (Å²) in [6.45, 7) is 1.26. The SMILES string of the molecule is C[C@@H](O)[C@H](NC(=O)[C@H](CS)NC(=O)[C@H](Cc1c[nH]c2ccccc12)NC(=O)[C@H](CCCN=C(N)N)NC(=O)[C@@H](Cc1ccc(Cl)cc1)NC(=O)[C@H](Cc1cnc[nH]1)NC(=O)[C@H](CS)NC(=O)[C@H](N)Cc1ccccc1)C(N)=O. The molecule has 5 rings (SSSR count). The maximum atomic E-state index is 14.7. The Morgan fingerprint density at radius 2 is 1.14 bits per heavy atom. The van der Waals surface area contributed by atoms with E-state index >= 15 is 0 Å². The maximum absolute atomic E-state index is 14.7. The zero-order valence-electron chi connectivity index (χ0n) is 42.5. The lowest BCUT2D eigenvalue weighted by molar-refractivity contribution is -0.135. The first kappa shape index (κ1) is 61.2. The number of hydrogen-bond acceptors (Lipinski definition) is 14. The number of imidazole rings is 1. The number of primary amides is 1. The van der Waals surface area contributed by atoms with Crippen LogP contribution in [0.25, 0.3) is 10.9 Å². The van der Waals surface area contributed by atoms with Crippen LogP contribution >= 0.6 is 36.9 Å². The molecule has 0 aliphatic heterocycles. The van der Waals surface area contributed by atoms with E-state index in [9.17, 15) is 43.5 Å². The lowest BCUT2D eigenvalue weighted by Gasteiger charge is -2.28. The second-order valence-electron chi connectivity index (χ2n) is 18.3. The van der Waals surface area contributed by atoms with Crippen molar-refractivity contribution < 1.29 is 43.5 Å². The molecule has 0 spiro atoms. The molecule has 18 N–H and O–H groups in total. The quantitative estimate of drug-likeness (QED) is 0.0106. The molecular weight excluding hydrogens is 1070 g/mol. The van der Waals surface area contributed by atoms with Gasteiger partial charge in [0.15, 0.2) is 5.96 Å². The Balaban J connectivity index is 1.43. The van der Waals surface area contributed by atoms with Gasteiger partial charge in [-0.05, 0) is 61.1 Å². The van der Waals surface area contributed by atoms with Crippen LogP contribution in [0.5, 0.6) is 0 Å². The molecule has 0 radical (unpaired) electrons. The van der Waals surface area contributed by atoms with Gasteiger partial charge in [0, 0.05) is 71.3 Å². The number of halogens is 1. The highest BCUT2D eigenvalue weighted by Gasteiger charge is 2.35. The van der Waals surface area contributed by atoms with E-state index in [-0.39, 0.29) is 62.5 Å². The summed E-state index contributed by atoms with van der Waals surface area (Å²) in [6, 6.07) is 11.8. The lowest BCUT2D eigenvalue weighted by Crippen LogP contribution is -2.61. The minimum atomic E-state index is -1.50. The predicted octanol–water partition coefficient (Wildman–Crippen LogP) is -1.68. The Kier molecular flexibility index (Phi) is 23.8. The molecule has 0 aliphatic rings. The molecule has 2 aromatic heterocycles. The van der Waals surface area contributed by atoms with Gasteiger partial charge in [-0.1, -0.05) is 72.3 Å². The van der Waals surface area contributed by atoms with Gasteiger partial charge in [-0.15, -0.1) is 0 Å². The predicted molar refractivity (Wildman–Crippen MR) is 300 cm³/mol. The van der Waals surface area contributed by atoms with Crippen LogP contribution in [0.4, 0.5) is 0 Å². The maximum Gasteiger partial charge on any atom is 0.244 e. The third-order valence-corrected chi connectivity index (χ3v) is 13.2. The van der Waals surface area contributed by atoms with Crippen LogP contribution in [-0.2, 0) is 64.0 Å². The standard InChI is InChI=1S/C51H66ClN15O9S2/c1-27(68)42(43(54)69)67-50(76)41(25-78)66-47(73)38(20-30-22-59-35-11-6-5-10-33(30)35)63-45(71)36(12-7-17-58-51(55)56)61-46(72)37(19-29-13-15-31(52)16-14-29)62-48(74)39(21-32-23-57-26-60-32)64-49(75)40(24-77)65-44(70)34(53)18-28-8-3-2-4-9-28/h2-6,8-11,13-16,22-23,26-27,34,36-42,59,68,77-78H,7,12,17-21,24-25,53H2,1H3,(H2,54,69)(H,57,60)(H,61,72)(H,62,74)(H,63,71)(H,64,75)(H,65,70)(H,66,73)(H,67,76)(H4,55,56,58)/t27-,34-,36+,37-,38+,39+,40+,41+,42+/m1/s1. The van der Waals surface area contributed by atoms with Crippen LogP contribution in [0.3, 0.4) is 0 Å². The summed E-state index contributed by atoms with van der Waals surface area (Å²) in [5.74, 6) is -7.51. The van der Waals surface area contributed by atoms with E-state index in [4.69, 9.17) is 34.5 Å². The Bertz CT molecular complexity index is 2860. The van der Waals surface area contributed by atoms with Gasteiger partial charge < -0.3 is 75.2 Å². The van der Waals surface area contributed by atoms with Crippen molar-refractivity contribution in [2.75, 3.05) is 18.1 Å². The summed E-state index contributed by atoms with van der Waals surface area (Å²) in [5.41, 5.74) is 25.8. The average Bonchev–Trinajstić information content (AvgIpc) is 4.10. The number of nitrogens with two attached hydrogens (primary N) is 4. The number of aliphatic hydroxyl groups excluding tert-OH is 1. The van der Waals surface area contributed by atoms with Crippen molar-refractivity contribution in [3.05, 3.63) is 125 Å². The van der Waals surface area contributed by atoms with Crippen molar-refractivity contribution in [2.45, 2.75) is 99.9 Å². The Labute approximate surface area is 465 Å². The largest absolute Gasteiger partial charge is 0.391 e. The number of aliphatic imine (C=N–C) groups is 1. The van der Waals surface area contributed by atoms with Crippen molar-refractivity contribution in [3.63, 3.8) is 0 Å². The number of rotatable bonds is 30. The third kappa shape index (κ3) is 18.8. The monoisotopic (exact) mass is 1130 g/mol. The number of carbonyl (C=O) groups excluding carboxylic acids is 8. The number of aromatic amines is 2. The number of nitrogens with one attached hydrogen (secondary N) is 9. The smallest absolute Gasteiger partial charge is 0.244 e. The van der Waals surface area contributed by atoms with E-state index < -0.39 is 102 Å². The van der Waals surface area contributed by atoms with Gasteiger partial charge in [0.2, 0.25) is 47.3 Å². The topological polar surface area (TPSA) is 402 Å². The number of aliphatic hydroxyl groups is 1. The molecular formula is C51H66ClN15O9S2. The fraction of sp³-hybridized carbons (Fsp3) is 0.373. The second-order valence-corrected chi connectivity index (χ2v) is 19.4. The number of para-hydroxylation sites is 1. The highest BCUT2D eigenvalue weighted by atomic mass is 35.5. The average molecular weight is 1130 g/mol. The Hall–Kier alpha value is -7.65. The third-order valence-electron chi connectivity index (χ3n) is 12.3. The van der Waals surface area contributed by atoms with Gasteiger partial charge in [-0.25, -0.2) is 4.98 Å². The van der Waals surface area contributed by atoms with Gasteiger partial charge in [0.05, 0.1) is 18.5 Å². The van der Waals surface area contributed by atoms with Gasteiger partial charge in [0.25, 0.3) is 0 Å². The minimum absolute atomic E-state index is 0.0192. The zero-order chi connectivity index (χ0) is 56.9. The normalized spacial score (nSPS) is 14.6. The molecule has 8 amide bonds. The number of thiol groups is 2. The Morgan fingerprint density at radius 3 is 1.72 bits per heavy atom. The number of H-pyrrole nitrogens is 2. The molecule has 27 heteroatoms. The molecule has 3 aromatic carbocycles. The number of carbonyl (C=O) groups is 8. The Morgan fingerprint density at radius 1 is 0.628 bits per heavy atom. The van der Waals surface area contributed by atoms with Crippen LogP contribution in [0.15, 0.2) is 103 Å². The van der Waals surface area contributed by atoms with Gasteiger partial charge in [0.1, 0.15) is 42.3 Å². The summed E-state index contributed by atoms with van der Waals surface area (Å²) in [4.78, 5) is 125. The molecule has 2 heterocycles.